The summed E-state index contributed by atoms with van der Waals surface area (Å²) >= 11 is 0. The molecule has 0 atom stereocenters. The van der Waals surface area contributed by atoms with Crippen LogP contribution in [0.2, 0.25) is 0 Å². The molecule has 106 valence electrons. The number of aliphatic hydroxyl groups excluding tert-OH is 1. The Morgan fingerprint density at radius 3 is 2.70 bits per heavy atom. The van der Waals surface area contributed by atoms with Crippen molar-refractivity contribution in [2.75, 3.05) is 13.2 Å². The van der Waals surface area contributed by atoms with Gasteiger partial charge in [-0.1, -0.05) is 30.3 Å². The number of amides is 1. The Hall–Kier alpha value is -2.28. The van der Waals surface area contributed by atoms with Gasteiger partial charge >= 0.3 is 0 Å². The van der Waals surface area contributed by atoms with E-state index >= 15 is 0 Å². The number of nitrogens with one attached hydrogen (secondary N) is 2. The Bertz CT molecular complexity index is 584. The van der Waals surface area contributed by atoms with Crippen molar-refractivity contribution in [3.63, 3.8) is 0 Å². The van der Waals surface area contributed by atoms with Crippen LogP contribution in [0.3, 0.4) is 0 Å². The van der Waals surface area contributed by atoms with Crippen molar-refractivity contribution in [2.24, 2.45) is 0 Å². The first-order valence-corrected chi connectivity index (χ1v) is 5.89. The number of nitrogens with zero attached hydrogens (tertiary/aromatic N) is 1. The molecule has 0 aliphatic heterocycles. The summed E-state index contributed by atoms with van der Waals surface area (Å²) in [7, 11) is 0. The Morgan fingerprint density at radius 2 is 2.05 bits per heavy atom. The van der Waals surface area contributed by atoms with Crippen molar-refractivity contribution in [2.45, 2.75) is 5.92 Å². The van der Waals surface area contributed by atoms with Gasteiger partial charge in [0.1, 0.15) is 6.61 Å². The quantitative estimate of drug-likeness (QED) is 0.776. The highest BCUT2D eigenvalue weighted by Crippen LogP contribution is 2.20. The number of rotatable bonds is 5. The molecule has 0 bridgehead atoms. The third kappa shape index (κ3) is 3.18. The van der Waals surface area contributed by atoms with E-state index in [1.54, 1.807) is 24.3 Å². The summed E-state index contributed by atoms with van der Waals surface area (Å²) in [6.45, 7) is -2.24. The van der Waals surface area contributed by atoms with Crippen LogP contribution in [0.1, 0.15) is 10.4 Å². The van der Waals surface area contributed by atoms with Crippen molar-refractivity contribution in [3.05, 3.63) is 42.1 Å². The maximum atomic E-state index is 12.9. The first-order valence-electron chi connectivity index (χ1n) is 5.89. The number of aromatic amines is 1. The van der Waals surface area contributed by atoms with Crippen LogP contribution in [0.5, 0.6) is 0 Å². The van der Waals surface area contributed by atoms with Crippen LogP contribution < -0.4 is 5.32 Å². The highest BCUT2D eigenvalue weighted by atomic mass is 19.3. The number of benzene rings is 1. The number of carbonyl (C=O) groups is 1. The number of halogens is 2. The van der Waals surface area contributed by atoms with Crippen LogP contribution in [-0.2, 0) is 0 Å². The van der Waals surface area contributed by atoms with Crippen LogP contribution in [0.25, 0.3) is 11.3 Å². The fraction of sp³-hybridized carbons (Fsp3) is 0.231. The average Bonchev–Trinajstić information content (AvgIpc) is 2.95. The summed E-state index contributed by atoms with van der Waals surface area (Å²) < 4.78 is 25.8. The number of carbonyl (C=O) groups excluding carboxylic acids is 1. The van der Waals surface area contributed by atoms with Gasteiger partial charge in [0.25, 0.3) is 11.8 Å². The Labute approximate surface area is 113 Å². The molecular formula is C13H13F2N3O2. The zero-order valence-electron chi connectivity index (χ0n) is 10.4. The zero-order chi connectivity index (χ0) is 14.6. The molecule has 20 heavy (non-hydrogen) atoms. The molecule has 2 rings (SSSR count). The first-order chi connectivity index (χ1) is 9.53. The van der Waals surface area contributed by atoms with Crippen LogP contribution in [0, 0.1) is 0 Å². The van der Waals surface area contributed by atoms with E-state index in [-0.39, 0.29) is 5.56 Å². The third-order valence-electron chi connectivity index (χ3n) is 2.69. The molecular weight excluding hydrogens is 268 g/mol. The molecule has 0 fully saturated rings. The van der Waals surface area contributed by atoms with Gasteiger partial charge in [0.2, 0.25) is 0 Å². The molecule has 0 radical (unpaired) electrons. The van der Waals surface area contributed by atoms with Gasteiger partial charge < -0.3 is 10.4 Å². The fourth-order valence-corrected chi connectivity index (χ4v) is 1.64. The number of hydrogen-bond acceptors (Lipinski definition) is 3. The molecule has 3 N–H and O–H groups in total. The van der Waals surface area contributed by atoms with Gasteiger partial charge in [0.05, 0.1) is 24.0 Å². The molecule has 0 unspecified atom stereocenters. The summed E-state index contributed by atoms with van der Waals surface area (Å²) in [6.07, 6.45) is 1.27. The summed E-state index contributed by atoms with van der Waals surface area (Å²) in [5.74, 6) is -4.02. The molecule has 1 aromatic carbocycles. The number of alkyl halides is 2. The predicted molar refractivity (Wildman–Crippen MR) is 68.4 cm³/mol. The molecule has 5 nitrogen and oxygen atoms in total. The number of hydrogen-bond donors (Lipinski definition) is 3. The first kappa shape index (κ1) is 14.1. The van der Waals surface area contributed by atoms with Crippen LogP contribution in [0.15, 0.2) is 36.5 Å². The van der Waals surface area contributed by atoms with Gasteiger partial charge in [0.15, 0.2) is 0 Å². The van der Waals surface area contributed by atoms with Gasteiger partial charge in [-0.15, -0.1) is 0 Å². The van der Waals surface area contributed by atoms with E-state index in [1.807, 2.05) is 6.07 Å². The van der Waals surface area contributed by atoms with Crippen LogP contribution >= 0.6 is 0 Å². The summed E-state index contributed by atoms with van der Waals surface area (Å²) in [5.41, 5.74) is 1.35. The second kappa shape index (κ2) is 5.79. The molecule has 1 heterocycles. The number of aromatic nitrogens is 2. The molecule has 0 saturated carbocycles. The van der Waals surface area contributed by atoms with Crippen molar-refractivity contribution >= 4 is 5.91 Å². The van der Waals surface area contributed by atoms with Crippen molar-refractivity contribution in [1.82, 2.24) is 15.5 Å². The van der Waals surface area contributed by atoms with E-state index in [9.17, 15) is 13.6 Å². The smallest absolute Gasteiger partial charge is 0.287 e. The monoisotopic (exact) mass is 281 g/mol. The highest BCUT2D eigenvalue weighted by molar-refractivity contribution is 5.99. The molecule has 0 saturated heterocycles. The maximum Gasteiger partial charge on any atom is 0.287 e. The second-order valence-corrected chi connectivity index (χ2v) is 4.22. The summed E-state index contributed by atoms with van der Waals surface area (Å²) in [4.78, 5) is 11.9. The van der Waals surface area contributed by atoms with Gasteiger partial charge in [-0.05, 0) is 0 Å². The topological polar surface area (TPSA) is 78.0 Å². The second-order valence-electron chi connectivity index (χ2n) is 4.22. The van der Waals surface area contributed by atoms with Gasteiger partial charge in [-0.2, -0.15) is 5.10 Å². The Balaban J connectivity index is 2.14. The molecule has 1 amide bonds. The third-order valence-corrected chi connectivity index (χ3v) is 2.69. The fourth-order valence-electron chi connectivity index (χ4n) is 1.64. The standard InChI is InChI=1S/C13H13F2N3O2/c14-13(15,8-19)7-16-12(20)10-6-17-18-11(10)9-4-2-1-3-5-9/h1-6,19H,7-8H2,(H,16,20)(H,17,18). The predicted octanol–water partition coefficient (Wildman–Crippen LogP) is 1.43. The Kier molecular flexibility index (Phi) is 4.09. The maximum absolute atomic E-state index is 12.9. The van der Waals surface area contributed by atoms with Crippen LogP contribution in [0.4, 0.5) is 8.78 Å². The van der Waals surface area contributed by atoms with Gasteiger partial charge in [0, 0.05) is 5.56 Å². The summed E-state index contributed by atoms with van der Waals surface area (Å²) in [6, 6.07) is 8.94. The molecule has 7 heteroatoms. The Morgan fingerprint density at radius 1 is 1.35 bits per heavy atom. The number of aliphatic hydroxyl groups is 1. The van der Waals surface area contributed by atoms with E-state index in [2.05, 4.69) is 15.5 Å². The minimum atomic E-state index is -3.34. The molecule has 2 aromatic rings. The van der Waals surface area contributed by atoms with Crippen LogP contribution in [-0.4, -0.2) is 40.3 Å². The number of H-pyrrole nitrogens is 1. The summed E-state index contributed by atoms with van der Waals surface area (Å²) in [5, 5.41) is 17.0. The van der Waals surface area contributed by atoms with E-state index in [0.29, 0.717) is 5.69 Å². The van der Waals surface area contributed by atoms with E-state index in [1.165, 1.54) is 6.20 Å². The van der Waals surface area contributed by atoms with Crippen molar-refractivity contribution in [1.29, 1.82) is 0 Å². The van der Waals surface area contributed by atoms with Crippen molar-refractivity contribution < 1.29 is 18.7 Å². The molecule has 0 aliphatic carbocycles. The minimum absolute atomic E-state index is 0.171. The molecule has 0 aliphatic rings. The zero-order valence-corrected chi connectivity index (χ0v) is 10.4. The largest absolute Gasteiger partial charge is 0.390 e. The molecule has 0 spiro atoms. The van der Waals surface area contributed by atoms with E-state index in [4.69, 9.17) is 5.11 Å². The van der Waals surface area contributed by atoms with E-state index in [0.717, 1.165) is 5.56 Å². The minimum Gasteiger partial charge on any atom is -0.390 e. The lowest BCUT2D eigenvalue weighted by molar-refractivity contribution is -0.0461. The normalized spacial score (nSPS) is 11.3. The highest BCUT2D eigenvalue weighted by Gasteiger charge is 2.29. The van der Waals surface area contributed by atoms with Gasteiger partial charge in [-0.3, -0.25) is 9.89 Å². The lowest BCUT2D eigenvalue weighted by Crippen LogP contribution is -2.39. The van der Waals surface area contributed by atoms with Crippen molar-refractivity contribution in [3.8, 4) is 11.3 Å². The van der Waals surface area contributed by atoms with E-state index < -0.39 is 25.0 Å². The lowest BCUT2D eigenvalue weighted by atomic mass is 10.1. The lowest BCUT2D eigenvalue weighted by Gasteiger charge is -2.13. The average molecular weight is 281 g/mol. The molecule has 1 aromatic heterocycles. The van der Waals surface area contributed by atoms with Gasteiger partial charge in [-0.25, -0.2) is 8.78 Å². The SMILES string of the molecule is O=C(NCC(F)(F)CO)c1cn[nH]c1-c1ccccc1.